The highest BCUT2D eigenvalue weighted by Gasteiger charge is 2.30. The van der Waals surface area contributed by atoms with Crippen LogP contribution in [0.3, 0.4) is 0 Å². The van der Waals surface area contributed by atoms with Gasteiger partial charge >= 0.3 is 39.5 Å². The minimum Gasteiger partial charge on any atom is -0.462 e. The van der Waals surface area contributed by atoms with E-state index < -0.39 is 97.5 Å². The van der Waals surface area contributed by atoms with Crippen LogP contribution in [0, 0.1) is 0 Å². The molecule has 0 amide bonds. The maximum absolute atomic E-state index is 13.1. The number of ether oxygens (including phenoxy) is 4. The number of carbonyl (C=O) groups excluding carboxylic acids is 4. The van der Waals surface area contributed by atoms with Gasteiger partial charge in [0.2, 0.25) is 0 Å². The molecular weight excluding hydrogens is 1430 g/mol. The molecule has 0 saturated heterocycles. The average molecular weight is 1580 g/mol. The monoisotopic (exact) mass is 1580 g/mol. The summed E-state index contributed by atoms with van der Waals surface area (Å²) in [6.45, 7) is 4.40. The van der Waals surface area contributed by atoms with E-state index in [1.807, 2.05) is 0 Å². The number of allylic oxidation sites excluding steroid dienone is 30. The summed E-state index contributed by atoms with van der Waals surface area (Å²) < 4.78 is 68.7. The summed E-state index contributed by atoms with van der Waals surface area (Å²) in [5.41, 5.74) is 0. The van der Waals surface area contributed by atoms with Gasteiger partial charge < -0.3 is 33.8 Å². The third kappa shape index (κ3) is 80.2. The Morgan fingerprint density at radius 3 is 0.755 bits per heavy atom. The fraction of sp³-hybridized carbons (Fsp3) is 0.626. The van der Waals surface area contributed by atoms with E-state index in [1.54, 1.807) is 0 Å². The SMILES string of the molecule is CC/C=C\C/C=C\C/C=C\C/C=C\C/C=C\CCCCCC(=O)OCC(COP(=O)(O)OCC(O)COP(=O)(O)OCC(COC(=O)CCCCCCCCC/C=C\C/C=C\C/C=C\CC)OC(=O)CCCC/C=C\C/C=C\C/C=C\C/C=C\CC)OC(=O)CCCCCCCC/C=C\C/C=C\C/C=C\CCCCC. The summed E-state index contributed by atoms with van der Waals surface area (Å²) in [5.74, 6) is -2.29. The molecule has 0 aromatic rings. The van der Waals surface area contributed by atoms with Crippen LogP contribution in [0.1, 0.15) is 310 Å². The van der Waals surface area contributed by atoms with Crippen LogP contribution >= 0.6 is 15.6 Å². The minimum absolute atomic E-state index is 0.0333. The standard InChI is InChI=1S/C91H148O17P2/c1-5-9-13-17-21-25-29-33-37-40-42-45-49-52-56-60-64-68-72-76-89(94)102-82-87(108-91(96)78-74-70-66-62-58-54-50-46-43-41-38-34-30-26-22-18-14-10-6-2)84-106-110(99,100)104-80-85(92)79-103-109(97,98)105-83-86(107-90(95)77-73-69-65-61-57-53-47-36-32-28-24-20-16-12-8-4)81-101-88(93)75-71-67-63-59-55-51-48-44-39-35-31-27-23-19-15-11-7-3/h9,11-13,15-16,21-28,33-39,42-43,45-47,52,56-57,61,85-87,92H,5-8,10,14,17-20,29-32,40-41,44,48-51,53-55,58-60,62-84H2,1-4H3,(H,97,98)(H,99,100)/b13-9-,15-11-,16-12-,25-21-,26-22-,27-23-,28-24-,37-33-,38-34-,39-35-,45-42-,46-43-,47-36-,56-52-,61-57-. The largest absolute Gasteiger partial charge is 0.472 e. The molecule has 0 aromatic carbocycles. The Morgan fingerprint density at radius 1 is 0.264 bits per heavy atom. The quantitative estimate of drug-likeness (QED) is 0.0169. The van der Waals surface area contributed by atoms with Gasteiger partial charge in [0.05, 0.1) is 26.4 Å². The number of unbranched alkanes of at least 4 members (excludes halogenated alkanes) is 21. The second kappa shape index (κ2) is 81.2. The van der Waals surface area contributed by atoms with Gasteiger partial charge in [-0.05, 0) is 180 Å². The lowest BCUT2D eigenvalue weighted by atomic mass is 10.1. The highest BCUT2D eigenvalue weighted by atomic mass is 31.2. The molecule has 0 spiro atoms. The van der Waals surface area contributed by atoms with Crippen molar-refractivity contribution < 1.29 is 80.2 Å². The molecule has 0 aliphatic rings. The maximum atomic E-state index is 13.1. The highest BCUT2D eigenvalue weighted by molar-refractivity contribution is 7.47. The van der Waals surface area contributed by atoms with Crippen LogP contribution in [0.4, 0.5) is 0 Å². The molecule has 0 aliphatic carbocycles. The molecule has 19 heteroatoms. The molecular formula is C91H148O17P2. The summed E-state index contributed by atoms with van der Waals surface area (Å²) in [7, 11) is -10.0. The minimum atomic E-state index is -5.01. The van der Waals surface area contributed by atoms with E-state index in [4.69, 9.17) is 37.0 Å². The number of phosphoric ester groups is 2. The van der Waals surface area contributed by atoms with Crippen LogP contribution in [0.2, 0.25) is 0 Å². The zero-order chi connectivity index (χ0) is 80.3. The number of phosphoric acid groups is 2. The Morgan fingerprint density at radius 2 is 0.473 bits per heavy atom. The van der Waals surface area contributed by atoms with Gasteiger partial charge in [0.15, 0.2) is 12.2 Å². The molecule has 0 aliphatic heterocycles. The van der Waals surface area contributed by atoms with Crippen molar-refractivity contribution in [3.63, 3.8) is 0 Å². The molecule has 0 saturated carbocycles. The maximum Gasteiger partial charge on any atom is 0.472 e. The van der Waals surface area contributed by atoms with Crippen molar-refractivity contribution >= 4 is 39.5 Å². The second-order valence-corrected chi connectivity index (χ2v) is 30.2. The number of aliphatic hydroxyl groups excluding tert-OH is 1. The van der Waals surface area contributed by atoms with Crippen LogP contribution in [-0.2, 0) is 65.4 Å². The van der Waals surface area contributed by atoms with Crippen molar-refractivity contribution in [1.29, 1.82) is 0 Å². The van der Waals surface area contributed by atoms with Crippen molar-refractivity contribution in [2.45, 2.75) is 329 Å². The van der Waals surface area contributed by atoms with Gasteiger partial charge in [-0.25, -0.2) is 9.13 Å². The fourth-order valence-electron chi connectivity index (χ4n) is 10.6. The van der Waals surface area contributed by atoms with Crippen LogP contribution in [0.25, 0.3) is 0 Å². The smallest absolute Gasteiger partial charge is 0.462 e. The topological polar surface area (TPSA) is 237 Å². The third-order valence-corrected chi connectivity index (χ3v) is 18.7. The summed E-state index contributed by atoms with van der Waals surface area (Å²) in [6, 6.07) is 0. The Bertz CT molecular complexity index is 2800. The van der Waals surface area contributed by atoms with Gasteiger partial charge in [0, 0.05) is 25.7 Å². The first-order chi connectivity index (χ1) is 53.7. The van der Waals surface area contributed by atoms with Gasteiger partial charge in [-0.1, -0.05) is 287 Å². The van der Waals surface area contributed by atoms with Crippen molar-refractivity contribution in [2.24, 2.45) is 0 Å². The van der Waals surface area contributed by atoms with Crippen LogP contribution in [-0.4, -0.2) is 96.7 Å². The normalized spacial score (nSPS) is 14.7. The van der Waals surface area contributed by atoms with Crippen LogP contribution in [0.15, 0.2) is 182 Å². The van der Waals surface area contributed by atoms with E-state index >= 15 is 0 Å². The molecule has 110 heavy (non-hydrogen) atoms. The molecule has 0 heterocycles. The predicted molar refractivity (Wildman–Crippen MR) is 454 cm³/mol. The van der Waals surface area contributed by atoms with Crippen molar-refractivity contribution in [1.82, 2.24) is 0 Å². The first kappa shape index (κ1) is 104. The molecule has 17 nitrogen and oxygen atoms in total. The molecule has 624 valence electrons. The molecule has 0 radical (unpaired) electrons. The van der Waals surface area contributed by atoms with Gasteiger partial charge in [-0.15, -0.1) is 0 Å². The molecule has 0 rings (SSSR count). The predicted octanol–water partition coefficient (Wildman–Crippen LogP) is 25.1. The molecule has 0 fully saturated rings. The molecule has 3 N–H and O–H groups in total. The van der Waals surface area contributed by atoms with Gasteiger partial charge in [-0.3, -0.25) is 37.3 Å². The Kier molecular flexibility index (Phi) is 76.9. The number of hydrogen-bond donors (Lipinski definition) is 3. The molecule has 5 atom stereocenters. The number of rotatable bonds is 77. The van der Waals surface area contributed by atoms with Crippen LogP contribution < -0.4 is 0 Å². The van der Waals surface area contributed by atoms with E-state index in [-0.39, 0.29) is 25.7 Å². The molecule has 0 aromatic heterocycles. The number of aliphatic hydroxyl groups is 1. The van der Waals surface area contributed by atoms with E-state index in [1.165, 1.54) is 19.3 Å². The highest BCUT2D eigenvalue weighted by Crippen LogP contribution is 2.45. The average Bonchev–Trinajstić information content (AvgIpc) is 0.900. The Balaban J connectivity index is 5.48. The lowest BCUT2D eigenvalue weighted by Crippen LogP contribution is -2.30. The van der Waals surface area contributed by atoms with Gasteiger partial charge in [-0.2, -0.15) is 0 Å². The van der Waals surface area contributed by atoms with E-state index in [0.717, 1.165) is 205 Å². The summed E-state index contributed by atoms with van der Waals surface area (Å²) in [4.78, 5) is 73.2. The summed E-state index contributed by atoms with van der Waals surface area (Å²) >= 11 is 0. The number of hydrogen-bond acceptors (Lipinski definition) is 15. The second-order valence-electron chi connectivity index (χ2n) is 27.3. The van der Waals surface area contributed by atoms with Gasteiger partial charge in [0.1, 0.15) is 19.3 Å². The number of esters is 4. The summed E-state index contributed by atoms with van der Waals surface area (Å²) in [6.07, 6.45) is 98.6. The van der Waals surface area contributed by atoms with Crippen LogP contribution in [0.5, 0.6) is 0 Å². The number of carbonyl (C=O) groups is 4. The van der Waals surface area contributed by atoms with Crippen molar-refractivity contribution in [2.75, 3.05) is 39.6 Å². The summed E-state index contributed by atoms with van der Waals surface area (Å²) in [5, 5.41) is 10.7. The van der Waals surface area contributed by atoms with Gasteiger partial charge in [0.25, 0.3) is 0 Å². The lowest BCUT2D eigenvalue weighted by molar-refractivity contribution is -0.161. The van der Waals surface area contributed by atoms with Crippen molar-refractivity contribution in [3.05, 3.63) is 182 Å². The molecule has 0 bridgehead atoms. The Labute approximate surface area is 666 Å². The zero-order valence-corrected chi connectivity index (χ0v) is 70.1. The first-order valence-corrected chi connectivity index (χ1v) is 45.0. The Hall–Kier alpha value is -5.84. The molecule has 5 unspecified atom stereocenters. The first-order valence-electron chi connectivity index (χ1n) is 42.0. The van der Waals surface area contributed by atoms with E-state index in [9.17, 15) is 43.2 Å². The fourth-order valence-corrected chi connectivity index (χ4v) is 12.1. The zero-order valence-electron chi connectivity index (χ0n) is 68.4. The third-order valence-electron chi connectivity index (χ3n) is 16.8. The van der Waals surface area contributed by atoms with Crippen molar-refractivity contribution in [3.8, 4) is 0 Å². The lowest BCUT2D eigenvalue weighted by Gasteiger charge is -2.21. The van der Waals surface area contributed by atoms with E-state index in [0.29, 0.717) is 32.1 Å². The van der Waals surface area contributed by atoms with E-state index in [2.05, 4.69) is 210 Å².